The normalized spacial score (nSPS) is 38.6. The highest BCUT2D eigenvalue weighted by Gasteiger charge is 3.01. The molecule has 6 bridgehead atoms. The third-order valence-electron chi connectivity index (χ3n) is 9.86. The Labute approximate surface area is 204 Å². The van der Waals surface area contributed by atoms with Crippen molar-refractivity contribution >= 4 is 35.7 Å². The van der Waals surface area contributed by atoms with Gasteiger partial charge in [0.1, 0.15) is 0 Å². The zero-order valence-corrected chi connectivity index (χ0v) is 24.9. The summed E-state index contributed by atoms with van der Waals surface area (Å²) in [7, 11) is 0.764. The first-order valence-corrected chi connectivity index (χ1v) is 16.3. The second kappa shape index (κ2) is 7.37. The van der Waals surface area contributed by atoms with Crippen LogP contribution in [0.15, 0.2) is 22.5 Å². The van der Waals surface area contributed by atoms with Gasteiger partial charge in [0.05, 0.1) is 24.8 Å². The van der Waals surface area contributed by atoms with Crippen LogP contribution in [0.4, 0.5) is 0 Å². The molecule has 0 amide bonds. The van der Waals surface area contributed by atoms with E-state index in [9.17, 15) is 9.59 Å². The summed E-state index contributed by atoms with van der Waals surface area (Å²) in [5.41, 5.74) is 0.0250. The van der Waals surface area contributed by atoms with Gasteiger partial charge in [-0.2, -0.15) is 0 Å². The van der Waals surface area contributed by atoms with Crippen LogP contribution in [0.1, 0.15) is 81.6 Å². The number of carbonyl (C=O) groups excluding carboxylic acids is 2. The van der Waals surface area contributed by atoms with Crippen molar-refractivity contribution in [2.75, 3.05) is 14.2 Å². The molecule has 0 radical (unpaired) electrons. The average molecular weight is 511 g/mol. The lowest BCUT2D eigenvalue weighted by atomic mass is 9.75. The molecule has 2 fully saturated rings. The molecular weight excluding hydrogens is 469 g/mol. The Morgan fingerprint density at radius 3 is 1.67 bits per heavy atom. The van der Waals surface area contributed by atoms with Crippen molar-refractivity contribution in [1.29, 1.82) is 0 Å². The van der Waals surface area contributed by atoms with Gasteiger partial charge in [0, 0.05) is 14.7 Å². The molecule has 5 heterocycles. The Balaban J connectivity index is 2.19. The third kappa shape index (κ3) is 2.41. The minimum absolute atomic E-state index is 0.00403. The lowest BCUT2D eigenvalue weighted by Crippen LogP contribution is -2.43. The highest BCUT2D eigenvalue weighted by molar-refractivity contribution is 8.11. The van der Waals surface area contributed by atoms with E-state index < -0.39 is 23.8 Å². The van der Waals surface area contributed by atoms with Gasteiger partial charge in [0.15, 0.2) is 0 Å². The van der Waals surface area contributed by atoms with Gasteiger partial charge < -0.3 is 9.47 Å². The second-order valence-electron chi connectivity index (χ2n) is 11.9. The molecule has 6 unspecified atom stereocenters. The summed E-state index contributed by atoms with van der Waals surface area (Å²) in [6, 6.07) is 0. The minimum Gasteiger partial charge on any atom is -0.465 e. The average Bonchev–Trinajstić information content (AvgIpc) is 3.28. The van der Waals surface area contributed by atoms with Crippen molar-refractivity contribution in [3.05, 3.63) is 22.5 Å². The van der Waals surface area contributed by atoms with Gasteiger partial charge in [0.25, 0.3) is 0 Å². The maximum atomic E-state index is 13.4. The molecule has 184 valence electrons. The Hall–Kier alpha value is -0.290. The lowest BCUT2D eigenvalue weighted by Gasteiger charge is -2.55. The van der Waals surface area contributed by atoms with Gasteiger partial charge >= 0.3 is 11.9 Å². The molecule has 7 heteroatoms. The van der Waals surface area contributed by atoms with Gasteiger partial charge in [-0.3, -0.25) is 0 Å². The monoisotopic (exact) mass is 510 g/mol. The van der Waals surface area contributed by atoms with Crippen molar-refractivity contribution in [3.63, 3.8) is 0 Å². The molecule has 0 saturated carbocycles. The van der Waals surface area contributed by atoms with Crippen molar-refractivity contribution in [2.24, 2.45) is 16.2 Å². The molecule has 0 aromatic rings. The van der Waals surface area contributed by atoms with Crippen LogP contribution >= 0.6 is 23.8 Å². The lowest BCUT2D eigenvalue weighted by molar-refractivity contribution is -0.136. The van der Waals surface area contributed by atoms with Crippen molar-refractivity contribution in [2.45, 2.75) is 96.3 Å². The van der Waals surface area contributed by atoms with E-state index in [0.717, 1.165) is 29.9 Å². The fourth-order valence-electron chi connectivity index (χ4n) is 7.20. The van der Waals surface area contributed by atoms with Crippen LogP contribution in [-0.4, -0.2) is 40.8 Å². The molecule has 0 N–H and O–H groups in total. The largest absolute Gasteiger partial charge is 0.465 e. The van der Waals surface area contributed by atoms with Crippen LogP contribution in [0.2, 0.25) is 0 Å². The van der Waals surface area contributed by atoms with Crippen LogP contribution in [0.25, 0.3) is 0 Å². The summed E-state index contributed by atoms with van der Waals surface area (Å²) in [5, 5.41) is 1.91. The predicted octanol–water partition coefficient (Wildman–Crippen LogP) is 7.96. The summed E-state index contributed by atoms with van der Waals surface area (Å²) in [5.74, 6) is 2.10. The number of carbonyl (C=O) groups is 2. The Bertz CT molecular complexity index is 980. The van der Waals surface area contributed by atoms with Crippen LogP contribution in [-0.2, 0) is 19.1 Å². The summed E-state index contributed by atoms with van der Waals surface area (Å²) in [4.78, 5) is 26.5. The number of allylic oxidation sites excluding steroid dienone is 1. The van der Waals surface area contributed by atoms with Gasteiger partial charge in [-0.15, -0.1) is 0 Å². The molecule has 0 aromatic heterocycles. The molecule has 5 aliphatic heterocycles. The molecule has 33 heavy (non-hydrogen) atoms. The summed E-state index contributed by atoms with van der Waals surface area (Å²) in [6.07, 6.45) is 5.45. The predicted molar refractivity (Wildman–Crippen MR) is 141 cm³/mol. The topological polar surface area (TPSA) is 52.6 Å². The van der Waals surface area contributed by atoms with E-state index in [-0.39, 0.29) is 42.9 Å². The summed E-state index contributed by atoms with van der Waals surface area (Å²) in [6.45, 7) is 21.3. The van der Waals surface area contributed by atoms with E-state index in [2.05, 4.69) is 74.2 Å². The first-order valence-electron chi connectivity index (χ1n) is 12.2. The van der Waals surface area contributed by atoms with E-state index in [1.807, 2.05) is 0 Å². The van der Waals surface area contributed by atoms with Crippen molar-refractivity contribution in [1.82, 2.24) is 0 Å². The number of hydrogen-bond donors (Lipinski definition) is 0. The molecular formula is C26H41O4P3. The Morgan fingerprint density at radius 2 is 1.21 bits per heavy atom. The maximum Gasteiger partial charge on any atom is 0.338 e. The molecule has 4 nitrogen and oxygen atoms in total. The zero-order valence-electron chi connectivity index (χ0n) is 22.3. The quantitative estimate of drug-likeness (QED) is 0.246. The van der Waals surface area contributed by atoms with Crippen LogP contribution in [0.5, 0.6) is 0 Å². The zero-order chi connectivity index (χ0) is 25.0. The van der Waals surface area contributed by atoms with Crippen LogP contribution in [0.3, 0.4) is 0 Å². The van der Waals surface area contributed by atoms with Gasteiger partial charge in [0.2, 0.25) is 0 Å². The molecule has 0 aliphatic carbocycles. The fraction of sp³-hybridized carbons (Fsp3) is 0.769. The smallest absolute Gasteiger partial charge is 0.338 e. The second-order valence-corrected chi connectivity index (χ2v) is 20.3. The van der Waals surface area contributed by atoms with Crippen LogP contribution < -0.4 is 0 Å². The first-order chi connectivity index (χ1) is 15.2. The number of rotatable bonds is 8. The third-order valence-corrected chi connectivity index (χ3v) is 25.5. The molecule has 5 aliphatic rings. The van der Waals surface area contributed by atoms with Gasteiger partial charge in [-0.05, 0) is 57.2 Å². The number of esters is 2. The molecule has 0 spiro atoms. The van der Waals surface area contributed by atoms with E-state index >= 15 is 0 Å². The first kappa shape index (κ1) is 25.8. The molecule has 2 saturated heterocycles. The standard InChI is InChI=1S/C26H41O4P3/c1-12-21(4,5)24-15-17(19(27)29-10)33-25(22(6,7)13-2)26(33,23(8,9)14-3)32(24)18(16-31(24)25)20(28)30-11/h15-16H,12-14H2,1-11H3. The summed E-state index contributed by atoms with van der Waals surface area (Å²) >= 11 is 0. The Morgan fingerprint density at radius 1 is 0.758 bits per heavy atom. The van der Waals surface area contributed by atoms with Gasteiger partial charge in [-0.1, -0.05) is 76.3 Å². The number of ether oxygens (including phenoxy) is 2. The van der Waals surface area contributed by atoms with E-state index in [4.69, 9.17) is 9.47 Å². The minimum atomic E-state index is -0.850. The van der Waals surface area contributed by atoms with E-state index in [1.165, 1.54) is 14.2 Å². The number of hydrogen-bond acceptors (Lipinski definition) is 4. The van der Waals surface area contributed by atoms with E-state index in [1.54, 1.807) is 0 Å². The van der Waals surface area contributed by atoms with Crippen molar-refractivity contribution < 1.29 is 19.1 Å². The molecule has 0 aromatic carbocycles. The highest BCUT2D eigenvalue weighted by Crippen LogP contribution is 3.23. The van der Waals surface area contributed by atoms with E-state index in [0.29, 0.717) is 0 Å². The highest BCUT2D eigenvalue weighted by atomic mass is 31.2. The maximum absolute atomic E-state index is 13.4. The Kier molecular flexibility index (Phi) is 5.76. The van der Waals surface area contributed by atoms with Crippen molar-refractivity contribution in [3.8, 4) is 0 Å². The van der Waals surface area contributed by atoms with Gasteiger partial charge in [-0.25, -0.2) is 9.59 Å². The number of methoxy groups -OCH3 is 2. The molecule has 6 atom stereocenters. The summed E-state index contributed by atoms with van der Waals surface area (Å²) < 4.78 is 10.8. The van der Waals surface area contributed by atoms with Crippen LogP contribution in [0, 0.1) is 16.2 Å². The SMILES string of the molecule is CCC(C)(C)C12C=C(C(=O)OC)P3C4(C(C)(C)CC)P1C=C(C(=O)OC)P2C34C(C)(C)CC. The molecule has 5 rings (SSSR count). The fourth-order valence-corrected chi connectivity index (χ4v) is 29.3.